The molecule has 0 aliphatic carbocycles. The van der Waals surface area contributed by atoms with Gasteiger partial charge in [-0.15, -0.1) is 0 Å². The van der Waals surface area contributed by atoms with Crippen LogP contribution < -0.4 is 0 Å². The minimum Gasteiger partial charge on any atom is -0.380 e. The lowest BCUT2D eigenvalue weighted by atomic mass is 9.90. The molecule has 1 saturated heterocycles. The Hall–Kier alpha value is -0.570. The van der Waals surface area contributed by atoms with E-state index >= 15 is 0 Å². The van der Waals surface area contributed by atoms with Gasteiger partial charge in [0.15, 0.2) is 0 Å². The van der Waals surface area contributed by atoms with Crippen molar-refractivity contribution in [1.29, 1.82) is 0 Å². The van der Waals surface area contributed by atoms with Crippen molar-refractivity contribution >= 4 is 0 Å². The highest BCUT2D eigenvalue weighted by Gasteiger charge is 2.66. The Kier molecular flexibility index (Phi) is 4.16. The average Bonchev–Trinajstić information content (AvgIpc) is 2.22. The van der Waals surface area contributed by atoms with E-state index in [1.54, 1.807) is 0 Å². The molecule has 0 saturated carbocycles. The number of rotatable bonds is 6. The van der Waals surface area contributed by atoms with Crippen molar-refractivity contribution < 1.29 is 40.2 Å². The summed E-state index contributed by atoms with van der Waals surface area (Å²) in [5.74, 6) is -5.60. The minimum absolute atomic E-state index is 0.0164. The molecule has 1 unspecified atom stereocenters. The summed E-state index contributed by atoms with van der Waals surface area (Å²) < 4.78 is 95.6. The van der Waals surface area contributed by atoms with Gasteiger partial charge in [0.1, 0.15) is 0 Å². The van der Waals surface area contributed by atoms with Gasteiger partial charge < -0.3 is 9.47 Å². The second kappa shape index (κ2) is 4.84. The maximum absolute atomic E-state index is 12.9. The van der Waals surface area contributed by atoms with E-state index in [1.807, 2.05) is 0 Å². The Bertz CT molecular complexity index is 291. The van der Waals surface area contributed by atoms with Crippen molar-refractivity contribution in [3.63, 3.8) is 0 Å². The molecule has 1 aliphatic heterocycles. The van der Waals surface area contributed by atoms with Gasteiger partial charge in [0.25, 0.3) is 6.43 Å². The Balaban J connectivity index is 2.65. The van der Waals surface area contributed by atoms with Gasteiger partial charge in [-0.05, 0) is 0 Å². The smallest absolute Gasteiger partial charge is 0.380 e. The lowest BCUT2D eigenvalue weighted by Crippen LogP contribution is -2.54. The zero-order valence-electron chi connectivity index (χ0n) is 9.24. The van der Waals surface area contributed by atoms with E-state index in [2.05, 4.69) is 9.47 Å². The summed E-state index contributed by atoms with van der Waals surface area (Å²) in [4.78, 5) is 0. The average molecular weight is 284 g/mol. The van der Waals surface area contributed by atoms with E-state index in [-0.39, 0.29) is 13.2 Å². The first-order valence-corrected chi connectivity index (χ1v) is 4.91. The summed E-state index contributed by atoms with van der Waals surface area (Å²) in [7, 11) is 0. The SMILES string of the molecule is CC1(COC(F)(F)C(F)(F)C(F)C(F)F)COC1. The van der Waals surface area contributed by atoms with Gasteiger partial charge in [-0.25, -0.2) is 13.2 Å². The second-order valence-electron chi connectivity index (χ2n) is 4.47. The van der Waals surface area contributed by atoms with Gasteiger partial charge in [-0.3, -0.25) is 0 Å². The largest absolute Gasteiger partial charge is 0.422 e. The molecule has 0 N–H and O–H groups in total. The molecular weight excluding hydrogens is 273 g/mol. The predicted molar refractivity (Wildman–Crippen MR) is 45.7 cm³/mol. The summed E-state index contributed by atoms with van der Waals surface area (Å²) in [6.45, 7) is 0.613. The summed E-state index contributed by atoms with van der Waals surface area (Å²) in [5, 5.41) is 0. The molecule has 0 bridgehead atoms. The number of hydrogen-bond acceptors (Lipinski definition) is 2. The Labute approximate surface area is 98.0 Å². The van der Waals surface area contributed by atoms with E-state index < -0.39 is 36.7 Å². The molecule has 0 aromatic heterocycles. The zero-order valence-corrected chi connectivity index (χ0v) is 9.24. The Morgan fingerprint density at radius 3 is 2.00 bits per heavy atom. The van der Waals surface area contributed by atoms with Crippen LogP contribution in [0.1, 0.15) is 6.92 Å². The summed E-state index contributed by atoms with van der Waals surface area (Å²) in [5.41, 5.74) is -0.893. The first kappa shape index (κ1) is 15.5. The molecule has 1 aliphatic rings. The normalized spacial score (nSPS) is 21.8. The van der Waals surface area contributed by atoms with Gasteiger partial charge in [0.05, 0.1) is 19.8 Å². The first-order valence-electron chi connectivity index (χ1n) is 4.91. The maximum atomic E-state index is 12.9. The van der Waals surface area contributed by atoms with E-state index in [9.17, 15) is 30.7 Å². The van der Waals surface area contributed by atoms with Crippen molar-refractivity contribution in [1.82, 2.24) is 0 Å². The molecule has 0 radical (unpaired) electrons. The van der Waals surface area contributed by atoms with Crippen LogP contribution in [0.15, 0.2) is 0 Å². The van der Waals surface area contributed by atoms with Gasteiger partial charge in [-0.1, -0.05) is 6.92 Å². The number of ether oxygens (including phenoxy) is 2. The van der Waals surface area contributed by atoms with Gasteiger partial charge in [-0.2, -0.15) is 17.6 Å². The molecule has 9 heteroatoms. The molecule has 108 valence electrons. The predicted octanol–water partition coefficient (Wildman–Crippen LogP) is 2.87. The van der Waals surface area contributed by atoms with E-state index in [0.717, 1.165) is 0 Å². The van der Waals surface area contributed by atoms with Crippen LogP contribution in [0.25, 0.3) is 0 Å². The van der Waals surface area contributed by atoms with E-state index in [1.165, 1.54) is 6.92 Å². The highest BCUT2D eigenvalue weighted by Crippen LogP contribution is 2.42. The second-order valence-corrected chi connectivity index (χ2v) is 4.47. The fraction of sp³-hybridized carbons (Fsp3) is 1.00. The molecule has 0 aromatic carbocycles. The highest BCUT2D eigenvalue weighted by molar-refractivity contribution is 4.88. The van der Waals surface area contributed by atoms with Crippen LogP contribution in [0, 0.1) is 5.41 Å². The third-order valence-electron chi connectivity index (χ3n) is 2.46. The van der Waals surface area contributed by atoms with Crippen molar-refractivity contribution in [2.45, 2.75) is 31.6 Å². The van der Waals surface area contributed by atoms with Crippen LogP contribution >= 0.6 is 0 Å². The van der Waals surface area contributed by atoms with E-state index in [0.29, 0.717) is 0 Å². The quantitative estimate of drug-likeness (QED) is 0.698. The van der Waals surface area contributed by atoms with Crippen molar-refractivity contribution in [3.8, 4) is 0 Å². The first-order chi connectivity index (χ1) is 8.02. The highest BCUT2D eigenvalue weighted by atomic mass is 19.3. The maximum Gasteiger partial charge on any atom is 0.422 e. The number of alkyl halides is 7. The topological polar surface area (TPSA) is 18.5 Å². The fourth-order valence-electron chi connectivity index (χ4n) is 1.21. The third-order valence-corrected chi connectivity index (χ3v) is 2.46. The van der Waals surface area contributed by atoms with Crippen LogP contribution in [0.3, 0.4) is 0 Å². The molecule has 1 heterocycles. The monoisotopic (exact) mass is 284 g/mol. The van der Waals surface area contributed by atoms with Gasteiger partial charge in [0.2, 0.25) is 6.17 Å². The van der Waals surface area contributed by atoms with Gasteiger partial charge in [0, 0.05) is 5.41 Å². The van der Waals surface area contributed by atoms with Crippen LogP contribution in [0.5, 0.6) is 0 Å². The van der Waals surface area contributed by atoms with Crippen LogP contribution in [-0.2, 0) is 9.47 Å². The van der Waals surface area contributed by atoms with Crippen LogP contribution in [-0.4, -0.2) is 44.4 Å². The number of halogens is 7. The summed E-state index contributed by atoms with van der Waals surface area (Å²) in [6.07, 6.45) is -13.8. The molecule has 18 heavy (non-hydrogen) atoms. The molecule has 1 atom stereocenters. The third kappa shape index (κ3) is 2.87. The lowest BCUT2D eigenvalue weighted by Gasteiger charge is -2.39. The minimum atomic E-state index is -5.60. The Morgan fingerprint density at radius 2 is 1.67 bits per heavy atom. The van der Waals surface area contributed by atoms with Crippen molar-refractivity contribution in [3.05, 3.63) is 0 Å². The fourth-order valence-corrected chi connectivity index (χ4v) is 1.21. The zero-order chi connectivity index (χ0) is 14.2. The molecule has 1 fully saturated rings. The number of hydrogen-bond donors (Lipinski definition) is 0. The standard InChI is InChI=1S/C9H11F7O2/c1-7(2-17-3-7)4-18-9(15,16)8(13,14)5(10)6(11)12/h5-6H,2-4H2,1H3. The van der Waals surface area contributed by atoms with Crippen LogP contribution in [0.2, 0.25) is 0 Å². The summed E-state index contributed by atoms with van der Waals surface area (Å²) >= 11 is 0. The van der Waals surface area contributed by atoms with Crippen LogP contribution in [0.4, 0.5) is 30.7 Å². The molecular formula is C9H11F7O2. The summed E-state index contributed by atoms with van der Waals surface area (Å²) in [6, 6.07) is 0. The molecule has 1 rings (SSSR count). The lowest BCUT2D eigenvalue weighted by molar-refractivity contribution is -0.379. The van der Waals surface area contributed by atoms with Crippen molar-refractivity contribution in [2.24, 2.45) is 5.41 Å². The van der Waals surface area contributed by atoms with Gasteiger partial charge >= 0.3 is 12.0 Å². The molecule has 0 spiro atoms. The van der Waals surface area contributed by atoms with Crippen molar-refractivity contribution in [2.75, 3.05) is 19.8 Å². The molecule has 0 amide bonds. The molecule has 0 aromatic rings. The Morgan fingerprint density at radius 1 is 1.17 bits per heavy atom. The molecule has 2 nitrogen and oxygen atoms in total. The van der Waals surface area contributed by atoms with E-state index in [4.69, 9.17) is 0 Å².